The summed E-state index contributed by atoms with van der Waals surface area (Å²) < 4.78 is 2.92. The van der Waals surface area contributed by atoms with Crippen LogP contribution in [0.2, 0.25) is 0 Å². The molecule has 0 fully saturated rings. The first kappa shape index (κ1) is 13.3. The van der Waals surface area contributed by atoms with Gasteiger partial charge in [0, 0.05) is 23.1 Å². The van der Waals surface area contributed by atoms with Gasteiger partial charge >= 0.3 is 0 Å². The first-order valence-electron chi connectivity index (χ1n) is 6.04. The number of hydrogen-bond acceptors (Lipinski definition) is 2. The third-order valence-corrected chi connectivity index (χ3v) is 3.38. The highest BCUT2D eigenvalue weighted by Crippen LogP contribution is 2.20. The molecule has 1 N–H and O–H groups in total. The van der Waals surface area contributed by atoms with Crippen LogP contribution < -0.4 is 0 Å². The summed E-state index contributed by atoms with van der Waals surface area (Å²) in [6.07, 6.45) is 1.99. The third kappa shape index (κ3) is 3.21. The lowest BCUT2D eigenvalue weighted by Gasteiger charge is -2.09. The molecule has 3 nitrogen and oxygen atoms in total. The highest BCUT2D eigenvalue weighted by Gasteiger charge is 2.11. The Bertz CT molecular complexity index is 505. The topological polar surface area (TPSA) is 38.0 Å². The molecule has 2 aromatic rings. The smallest absolute Gasteiger partial charge is 0.0846 e. The first-order chi connectivity index (χ1) is 8.56. The van der Waals surface area contributed by atoms with Gasteiger partial charge in [0.2, 0.25) is 0 Å². The van der Waals surface area contributed by atoms with E-state index in [0.29, 0.717) is 12.5 Å². The predicted octanol–water partition coefficient (Wildman–Crippen LogP) is 3.50. The number of halogens is 1. The van der Waals surface area contributed by atoms with Gasteiger partial charge < -0.3 is 5.11 Å². The zero-order valence-electron chi connectivity index (χ0n) is 10.5. The van der Waals surface area contributed by atoms with E-state index in [1.165, 1.54) is 0 Å². The van der Waals surface area contributed by atoms with E-state index in [1.807, 2.05) is 41.2 Å². The summed E-state index contributed by atoms with van der Waals surface area (Å²) in [4.78, 5) is 0. The molecule has 0 bridgehead atoms. The Balaban J connectivity index is 2.06. The van der Waals surface area contributed by atoms with Crippen LogP contribution in [0, 0.1) is 0 Å². The maximum absolute atomic E-state index is 10.1. The lowest BCUT2D eigenvalue weighted by atomic mass is 10.1. The number of aromatic nitrogens is 2. The van der Waals surface area contributed by atoms with Crippen LogP contribution in [-0.4, -0.2) is 14.9 Å². The van der Waals surface area contributed by atoms with Crippen molar-refractivity contribution in [3.8, 4) is 0 Å². The van der Waals surface area contributed by atoms with E-state index < -0.39 is 6.10 Å². The van der Waals surface area contributed by atoms with Crippen LogP contribution in [0.5, 0.6) is 0 Å². The number of hydrogen-bond donors (Lipinski definition) is 1. The Morgan fingerprint density at radius 3 is 2.44 bits per heavy atom. The van der Waals surface area contributed by atoms with Gasteiger partial charge in [0.1, 0.15) is 0 Å². The van der Waals surface area contributed by atoms with Crippen LogP contribution >= 0.6 is 15.9 Å². The summed E-state index contributed by atoms with van der Waals surface area (Å²) in [6, 6.07) is 10.0. The fraction of sp³-hybridized carbons (Fsp3) is 0.357. The average Bonchev–Trinajstić information content (AvgIpc) is 2.78. The van der Waals surface area contributed by atoms with Crippen LogP contribution in [0.4, 0.5) is 0 Å². The molecular formula is C14H17BrN2O. The third-order valence-electron chi connectivity index (χ3n) is 2.85. The summed E-state index contributed by atoms with van der Waals surface area (Å²) in [5, 5.41) is 14.6. The van der Waals surface area contributed by atoms with Crippen LogP contribution in [0.25, 0.3) is 0 Å². The van der Waals surface area contributed by atoms with Crippen molar-refractivity contribution in [2.75, 3.05) is 0 Å². The van der Waals surface area contributed by atoms with E-state index in [4.69, 9.17) is 0 Å². The van der Waals surface area contributed by atoms with Gasteiger partial charge in [-0.3, -0.25) is 4.68 Å². The number of aliphatic hydroxyl groups excluding tert-OH is 1. The molecule has 0 aliphatic heterocycles. The molecule has 2 rings (SSSR count). The molecule has 1 atom stereocenters. The van der Waals surface area contributed by atoms with Crippen LogP contribution in [-0.2, 0) is 6.42 Å². The van der Waals surface area contributed by atoms with E-state index in [0.717, 1.165) is 15.7 Å². The summed E-state index contributed by atoms with van der Waals surface area (Å²) in [6.45, 7) is 4.17. The number of rotatable bonds is 4. The van der Waals surface area contributed by atoms with E-state index in [-0.39, 0.29) is 0 Å². The fourth-order valence-electron chi connectivity index (χ4n) is 1.77. The monoisotopic (exact) mass is 308 g/mol. The Hall–Kier alpha value is -1.13. The second-order valence-corrected chi connectivity index (χ2v) is 5.57. The molecule has 1 unspecified atom stereocenters. The van der Waals surface area contributed by atoms with Crippen LogP contribution in [0.15, 0.2) is 41.0 Å². The van der Waals surface area contributed by atoms with Gasteiger partial charge in [-0.1, -0.05) is 28.1 Å². The minimum absolute atomic E-state index is 0.351. The molecule has 4 heteroatoms. The highest BCUT2D eigenvalue weighted by atomic mass is 79.9. The van der Waals surface area contributed by atoms with E-state index >= 15 is 0 Å². The summed E-state index contributed by atoms with van der Waals surface area (Å²) in [5.41, 5.74) is 1.83. The maximum Gasteiger partial charge on any atom is 0.0846 e. The van der Waals surface area contributed by atoms with Gasteiger partial charge in [0.05, 0.1) is 11.8 Å². The van der Waals surface area contributed by atoms with Crippen molar-refractivity contribution in [3.05, 3.63) is 52.3 Å². The molecule has 0 radical (unpaired) electrons. The van der Waals surface area contributed by atoms with Gasteiger partial charge in [-0.05, 0) is 37.6 Å². The van der Waals surface area contributed by atoms with Gasteiger partial charge in [-0.15, -0.1) is 0 Å². The Morgan fingerprint density at radius 2 is 1.89 bits per heavy atom. The van der Waals surface area contributed by atoms with Crippen molar-refractivity contribution in [3.63, 3.8) is 0 Å². The second kappa shape index (κ2) is 5.67. The average molecular weight is 309 g/mol. The van der Waals surface area contributed by atoms with Crippen LogP contribution in [0.3, 0.4) is 0 Å². The lowest BCUT2D eigenvalue weighted by Crippen LogP contribution is -2.05. The van der Waals surface area contributed by atoms with Crippen LogP contribution in [0.1, 0.15) is 37.3 Å². The number of nitrogens with zero attached hydrogens (tertiary/aromatic N) is 2. The standard InChI is InChI=1S/C14H17BrN2O/c1-10(2)17-8-7-13(16-17)9-14(18)11-3-5-12(15)6-4-11/h3-8,10,14,18H,9H2,1-2H3. The molecule has 0 aliphatic rings. The van der Waals surface area contributed by atoms with Crippen molar-refractivity contribution >= 4 is 15.9 Å². The van der Waals surface area contributed by atoms with E-state index in [2.05, 4.69) is 34.9 Å². The molecule has 0 amide bonds. The summed E-state index contributed by atoms with van der Waals surface area (Å²) in [5.74, 6) is 0. The maximum atomic E-state index is 10.1. The molecule has 1 aromatic heterocycles. The molecule has 1 aromatic carbocycles. The van der Waals surface area contributed by atoms with Crippen molar-refractivity contribution in [2.24, 2.45) is 0 Å². The molecule has 96 valence electrons. The largest absolute Gasteiger partial charge is 0.388 e. The zero-order chi connectivity index (χ0) is 13.1. The normalized spacial score (nSPS) is 12.9. The lowest BCUT2D eigenvalue weighted by molar-refractivity contribution is 0.177. The predicted molar refractivity (Wildman–Crippen MR) is 75.4 cm³/mol. The van der Waals surface area contributed by atoms with Gasteiger partial charge in [0.25, 0.3) is 0 Å². The van der Waals surface area contributed by atoms with Crippen molar-refractivity contribution < 1.29 is 5.11 Å². The Morgan fingerprint density at radius 1 is 1.22 bits per heavy atom. The molecule has 0 aliphatic carbocycles. The van der Waals surface area contributed by atoms with E-state index in [9.17, 15) is 5.11 Å². The Kier molecular flexibility index (Phi) is 4.19. The molecule has 0 spiro atoms. The molecule has 0 saturated carbocycles. The molecule has 18 heavy (non-hydrogen) atoms. The van der Waals surface area contributed by atoms with Crippen molar-refractivity contribution in [1.29, 1.82) is 0 Å². The van der Waals surface area contributed by atoms with Gasteiger partial charge in [-0.2, -0.15) is 5.10 Å². The quantitative estimate of drug-likeness (QED) is 0.938. The van der Waals surface area contributed by atoms with Gasteiger partial charge in [0.15, 0.2) is 0 Å². The second-order valence-electron chi connectivity index (χ2n) is 4.65. The van der Waals surface area contributed by atoms with E-state index in [1.54, 1.807) is 0 Å². The molecular weight excluding hydrogens is 292 g/mol. The number of aliphatic hydroxyl groups is 1. The zero-order valence-corrected chi connectivity index (χ0v) is 12.1. The minimum atomic E-state index is -0.506. The molecule has 1 heterocycles. The Labute approximate surface area is 116 Å². The fourth-order valence-corrected chi connectivity index (χ4v) is 2.04. The first-order valence-corrected chi connectivity index (χ1v) is 6.83. The van der Waals surface area contributed by atoms with Crippen molar-refractivity contribution in [1.82, 2.24) is 9.78 Å². The highest BCUT2D eigenvalue weighted by molar-refractivity contribution is 9.10. The van der Waals surface area contributed by atoms with Crippen molar-refractivity contribution in [2.45, 2.75) is 32.4 Å². The summed E-state index contributed by atoms with van der Waals surface area (Å²) >= 11 is 3.38. The van der Waals surface area contributed by atoms with Gasteiger partial charge in [-0.25, -0.2) is 0 Å². The molecule has 0 saturated heterocycles. The minimum Gasteiger partial charge on any atom is -0.388 e. The SMILES string of the molecule is CC(C)n1ccc(CC(O)c2ccc(Br)cc2)n1. The number of benzene rings is 1. The summed E-state index contributed by atoms with van der Waals surface area (Å²) in [7, 11) is 0.